The van der Waals surface area contributed by atoms with Crippen molar-refractivity contribution in [3.05, 3.63) is 12.0 Å². The van der Waals surface area contributed by atoms with Crippen LogP contribution in [-0.2, 0) is 26.0 Å². The number of nitrogens with zero attached hydrogens (tertiary/aromatic N) is 2. The summed E-state index contributed by atoms with van der Waals surface area (Å²) in [6, 6.07) is 0. The van der Waals surface area contributed by atoms with Crippen molar-refractivity contribution in [1.29, 1.82) is 0 Å². The molecule has 0 aromatic carbocycles. The number of hydrogen-bond donors (Lipinski definition) is 1. The molecule has 0 radical (unpaired) electrons. The molecule has 0 spiro atoms. The number of aromatic nitrogens is 2. The number of esters is 1. The summed E-state index contributed by atoms with van der Waals surface area (Å²) in [6.07, 6.45) is 1.89. The van der Waals surface area contributed by atoms with E-state index in [9.17, 15) is 13.2 Å². The number of carbonyl (C=O) groups excluding carboxylic acids is 1. The molecule has 1 N–H and O–H groups in total. The predicted octanol–water partition coefficient (Wildman–Crippen LogP) is 1.18. The number of aromatic amines is 1. The zero-order chi connectivity index (χ0) is 16.0. The van der Waals surface area contributed by atoms with Crippen molar-refractivity contribution in [1.82, 2.24) is 14.3 Å². The topological polar surface area (TPSA) is 92.4 Å². The Balaban J connectivity index is 3.02. The number of ether oxygens (including phenoxy) is 1. The van der Waals surface area contributed by atoms with Crippen molar-refractivity contribution in [3.8, 4) is 0 Å². The van der Waals surface area contributed by atoms with Crippen molar-refractivity contribution in [2.24, 2.45) is 5.92 Å². The summed E-state index contributed by atoms with van der Waals surface area (Å²) in [4.78, 5) is 18.4. The first-order valence-corrected chi connectivity index (χ1v) is 8.44. The molecule has 0 saturated heterocycles. The van der Waals surface area contributed by atoms with Gasteiger partial charge in [-0.15, -0.1) is 0 Å². The average Bonchev–Trinajstić information content (AvgIpc) is 2.87. The summed E-state index contributed by atoms with van der Waals surface area (Å²) in [5.41, 5.74) is 0. The van der Waals surface area contributed by atoms with Crippen LogP contribution in [0.4, 0.5) is 0 Å². The molecule has 0 saturated carbocycles. The Morgan fingerprint density at radius 3 is 2.57 bits per heavy atom. The molecule has 0 amide bonds. The average molecular weight is 317 g/mol. The molecule has 1 aromatic rings. The minimum Gasteiger partial charge on any atom is -0.465 e. The lowest BCUT2D eigenvalue weighted by Crippen LogP contribution is -2.39. The van der Waals surface area contributed by atoms with Gasteiger partial charge in [0.15, 0.2) is 5.03 Å². The van der Waals surface area contributed by atoms with Gasteiger partial charge in [0, 0.05) is 13.0 Å². The summed E-state index contributed by atoms with van der Waals surface area (Å²) >= 11 is 0. The fourth-order valence-electron chi connectivity index (χ4n) is 1.80. The van der Waals surface area contributed by atoms with E-state index in [1.807, 2.05) is 20.8 Å². The van der Waals surface area contributed by atoms with Gasteiger partial charge in [-0.2, -0.15) is 4.31 Å². The SMILES string of the molecule is CCOC(=O)CN(CC(C)C)S(=O)(=O)c1cnc(CC)[nH]1. The first kappa shape index (κ1) is 17.6. The molecule has 0 unspecified atom stereocenters. The second-order valence-corrected chi connectivity index (χ2v) is 6.95. The van der Waals surface area contributed by atoms with E-state index in [1.54, 1.807) is 6.92 Å². The number of carbonyl (C=O) groups is 1. The van der Waals surface area contributed by atoms with Gasteiger partial charge in [-0.3, -0.25) is 4.79 Å². The van der Waals surface area contributed by atoms with Gasteiger partial charge in [0.1, 0.15) is 12.4 Å². The lowest BCUT2D eigenvalue weighted by atomic mass is 10.2. The van der Waals surface area contributed by atoms with Crippen molar-refractivity contribution in [2.75, 3.05) is 19.7 Å². The van der Waals surface area contributed by atoms with E-state index >= 15 is 0 Å². The maximum Gasteiger partial charge on any atom is 0.321 e. The van der Waals surface area contributed by atoms with E-state index in [0.29, 0.717) is 12.2 Å². The van der Waals surface area contributed by atoms with Gasteiger partial charge in [-0.1, -0.05) is 20.8 Å². The molecule has 0 aliphatic rings. The van der Waals surface area contributed by atoms with E-state index in [1.165, 1.54) is 6.20 Å². The second kappa shape index (κ2) is 7.56. The molecule has 8 heteroatoms. The maximum absolute atomic E-state index is 12.6. The minimum atomic E-state index is -3.78. The third-order valence-corrected chi connectivity index (χ3v) is 4.46. The number of rotatable bonds is 8. The highest BCUT2D eigenvalue weighted by molar-refractivity contribution is 7.89. The van der Waals surface area contributed by atoms with Crippen molar-refractivity contribution < 1.29 is 17.9 Å². The third kappa shape index (κ3) is 4.82. The smallest absolute Gasteiger partial charge is 0.321 e. The largest absolute Gasteiger partial charge is 0.465 e. The lowest BCUT2D eigenvalue weighted by molar-refractivity contribution is -0.143. The van der Waals surface area contributed by atoms with E-state index in [-0.39, 0.29) is 30.6 Å². The lowest BCUT2D eigenvalue weighted by Gasteiger charge is -2.22. The summed E-state index contributed by atoms with van der Waals surface area (Å²) in [5.74, 6) is 0.119. The van der Waals surface area contributed by atoms with Crippen LogP contribution in [0, 0.1) is 5.92 Å². The number of nitrogens with one attached hydrogen (secondary N) is 1. The van der Waals surface area contributed by atoms with Crippen molar-refractivity contribution >= 4 is 16.0 Å². The summed E-state index contributed by atoms with van der Waals surface area (Å²) in [5, 5.41) is 0.00398. The highest BCUT2D eigenvalue weighted by Crippen LogP contribution is 2.15. The standard InChI is InChI=1S/C13H23N3O4S/c1-5-11-14-7-12(15-11)21(18,19)16(8-10(3)4)9-13(17)20-6-2/h7,10H,5-6,8-9H2,1-4H3,(H,14,15). The van der Waals surface area contributed by atoms with Crippen LogP contribution in [-0.4, -0.2) is 48.4 Å². The van der Waals surface area contributed by atoms with Crippen LogP contribution >= 0.6 is 0 Å². The first-order valence-electron chi connectivity index (χ1n) is 7.00. The minimum absolute atomic E-state index is 0.00398. The molecule has 7 nitrogen and oxygen atoms in total. The Labute approximate surface area is 125 Å². The molecule has 0 fully saturated rings. The summed E-state index contributed by atoms with van der Waals surface area (Å²) in [7, 11) is -3.78. The van der Waals surface area contributed by atoms with Gasteiger partial charge in [-0.25, -0.2) is 13.4 Å². The molecular weight excluding hydrogens is 294 g/mol. The Morgan fingerprint density at radius 1 is 1.43 bits per heavy atom. The zero-order valence-corrected chi connectivity index (χ0v) is 13.7. The summed E-state index contributed by atoms with van der Waals surface area (Å²) in [6.45, 7) is 7.49. The molecule has 0 aliphatic carbocycles. The summed E-state index contributed by atoms with van der Waals surface area (Å²) < 4.78 is 31.1. The van der Waals surface area contributed by atoms with E-state index in [2.05, 4.69) is 9.97 Å². The number of H-pyrrole nitrogens is 1. The molecule has 1 aromatic heterocycles. The Morgan fingerprint density at radius 2 is 2.10 bits per heavy atom. The maximum atomic E-state index is 12.6. The number of imidazole rings is 1. The molecule has 1 heterocycles. The van der Waals surface area contributed by atoms with Crippen LogP contribution in [0.5, 0.6) is 0 Å². The van der Waals surface area contributed by atoms with Crippen LogP contribution in [0.2, 0.25) is 0 Å². The van der Waals surface area contributed by atoms with Crippen LogP contribution in [0.3, 0.4) is 0 Å². The van der Waals surface area contributed by atoms with Crippen molar-refractivity contribution in [2.45, 2.75) is 39.1 Å². The Hall–Kier alpha value is -1.41. The van der Waals surface area contributed by atoms with Gasteiger partial charge < -0.3 is 9.72 Å². The zero-order valence-electron chi connectivity index (χ0n) is 12.9. The molecular formula is C13H23N3O4S. The molecule has 0 bridgehead atoms. The number of sulfonamides is 1. The fourth-order valence-corrected chi connectivity index (χ4v) is 3.28. The van der Waals surface area contributed by atoms with Crippen molar-refractivity contribution in [3.63, 3.8) is 0 Å². The monoisotopic (exact) mass is 317 g/mol. The van der Waals surface area contributed by atoms with Gasteiger partial charge in [-0.05, 0) is 12.8 Å². The number of aryl methyl sites for hydroxylation is 1. The molecule has 0 atom stereocenters. The molecule has 1 rings (SSSR count). The van der Waals surface area contributed by atoms with Crippen LogP contribution < -0.4 is 0 Å². The fraction of sp³-hybridized carbons (Fsp3) is 0.692. The van der Waals surface area contributed by atoms with Gasteiger partial charge >= 0.3 is 5.97 Å². The molecule has 0 aliphatic heterocycles. The van der Waals surface area contributed by atoms with Crippen LogP contribution in [0.15, 0.2) is 11.2 Å². The highest BCUT2D eigenvalue weighted by atomic mass is 32.2. The van der Waals surface area contributed by atoms with E-state index in [4.69, 9.17) is 4.74 Å². The first-order chi connectivity index (χ1) is 9.81. The van der Waals surface area contributed by atoms with Gasteiger partial charge in [0.05, 0.1) is 12.8 Å². The van der Waals surface area contributed by atoms with Crippen LogP contribution in [0.25, 0.3) is 0 Å². The Bertz CT molecular complexity index is 566. The normalized spacial score (nSPS) is 12.1. The Kier molecular flexibility index (Phi) is 6.35. The van der Waals surface area contributed by atoms with Gasteiger partial charge in [0.25, 0.3) is 10.0 Å². The predicted molar refractivity (Wildman–Crippen MR) is 78.2 cm³/mol. The second-order valence-electron chi connectivity index (χ2n) is 5.04. The molecule has 21 heavy (non-hydrogen) atoms. The number of hydrogen-bond acceptors (Lipinski definition) is 5. The molecule has 120 valence electrons. The van der Waals surface area contributed by atoms with E-state index in [0.717, 1.165) is 4.31 Å². The highest BCUT2D eigenvalue weighted by Gasteiger charge is 2.29. The van der Waals surface area contributed by atoms with E-state index < -0.39 is 16.0 Å². The van der Waals surface area contributed by atoms with Gasteiger partial charge in [0.2, 0.25) is 0 Å². The third-order valence-electron chi connectivity index (χ3n) is 2.74. The quantitative estimate of drug-likeness (QED) is 0.727. The van der Waals surface area contributed by atoms with Crippen LogP contribution in [0.1, 0.15) is 33.5 Å².